The molecule has 0 aliphatic heterocycles. The average molecular weight is 250 g/mol. The maximum Gasteiger partial charge on any atom is 0.331 e. The number of non-ortho nitro benzene ring substituents is 1. The topological polar surface area (TPSA) is 113 Å². The molecule has 1 rings (SSSR count). The largest absolute Gasteiger partial charge is 0.452 e. The second-order valence-corrected chi connectivity index (χ2v) is 3.26. The Morgan fingerprint density at radius 3 is 2.44 bits per heavy atom. The van der Waals surface area contributed by atoms with E-state index in [1.54, 1.807) is 0 Å². The molecule has 1 amide bonds. The number of carbonyl (C=O) groups excluding carboxylic acids is 2. The van der Waals surface area contributed by atoms with Crippen LogP contribution in [0, 0.1) is 10.1 Å². The minimum atomic E-state index is -0.743. The molecule has 0 aromatic heterocycles. The van der Waals surface area contributed by atoms with Crippen LogP contribution in [0.4, 0.5) is 5.69 Å². The smallest absolute Gasteiger partial charge is 0.331 e. The highest BCUT2D eigenvalue weighted by molar-refractivity contribution is 5.89. The first-order chi connectivity index (χ1) is 8.49. The first kappa shape index (κ1) is 13.4. The van der Waals surface area contributed by atoms with Crippen molar-refractivity contribution in [2.24, 2.45) is 5.73 Å². The second kappa shape index (κ2) is 6.14. The van der Waals surface area contributed by atoms with E-state index in [4.69, 9.17) is 5.73 Å². The molecular weight excluding hydrogens is 240 g/mol. The van der Waals surface area contributed by atoms with Crippen molar-refractivity contribution in [1.82, 2.24) is 0 Å². The summed E-state index contributed by atoms with van der Waals surface area (Å²) < 4.78 is 4.48. The quantitative estimate of drug-likeness (QED) is 0.356. The number of hydrogen-bond donors (Lipinski definition) is 1. The molecule has 7 heteroatoms. The number of benzene rings is 1. The standard InChI is InChI=1S/C11H10N2O5/c12-10(14)7-18-11(15)6-3-8-1-4-9(5-2-8)13(16)17/h1-6H,7H2,(H2,12,14)/b6-3+. The van der Waals surface area contributed by atoms with Crippen LogP contribution >= 0.6 is 0 Å². The van der Waals surface area contributed by atoms with Crippen LogP contribution in [0.1, 0.15) is 5.56 Å². The van der Waals surface area contributed by atoms with Crippen molar-refractivity contribution in [3.8, 4) is 0 Å². The molecule has 94 valence electrons. The highest BCUT2D eigenvalue weighted by atomic mass is 16.6. The Balaban J connectivity index is 2.58. The number of nitro benzene ring substituents is 1. The summed E-state index contributed by atoms with van der Waals surface area (Å²) in [5, 5.41) is 10.4. The lowest BCUT2D eigenvalue weighted by Gasteiger charge is -1.97. The maximum absolute atomic E-state index is 11.1. The van der Waals surface area contributed by atoms with Gasteiger partial charge in [-0.15, -0.1) is 0 Å². The number of rotatable bonds is 5. The Hall–Kier alpha value is -2.70. The van der Waals surface area contributed by atoms with Crippen molar-refractivity contribution in [1.29, 1.82) is 0 Å². The molecule has 18 heavy (non-hydrogen) atoms. The molecule has 0 saturated heterocycles. The van der Waals surface area contributed by atoms with Crippen molar-refractivity contribution in [2.45, 2.75) is 0 Å². The molecular formula is C11H10N2O5. The molecule has 2 N–H and O–H groups in total. The number of esters is 1. The average Bonchev–Trinajstić information content (AvgIpc) is 2.34. The van der Waals surface area contributed by atoms with Crippen LogP contribution in [0.5, 0.6) is 0 Å². The van der Waals surface area contributed by atoms with Gasteiger partial charge in [0.25, 0.3) is 11.6 Å². The Kier molecular flexibility index (Phi) is 4.56. The molecule has 0 aliphatic rings. The zero-order chi connectivity index (χ0) is 13.5. The fraction of sp³-hybridized carbons (Fsp3) is 0.0909. The minimum Gasteiger partial charge on any atom is -0.452 e. The van der Waals surface area contributed by atoms with Crippen LogP contribution in [0.15, 0.2) is 30.3 Å². The third-order valence-corrected chi connectivity index (χ3v) is 1.87. The van der Waals surface area contributed by atoms with Gasteiger partial charge in [-0.1, -0.05) is 0 Å². The SMILES string of the molecule is NC(=O)COC(=O)/C=C/c1ccc([N+](=O)[O-])cc1. The van der Waals surface area contributed by atoms with Crippen LogP contribution < -0.4 is 5.73 Å². The predicted molar refractivity (Wildman–Crippen MR) is 62.3 cm³/mol. The second-order valence-electron chi connectivity index (χ2n) is 3.26. The normalized spacial score (nSPS) is 10.2. The molecule has 0 fully saturated rings. The van der Waals surface area contributed by atoms with E-state index in [0.717, 1.165) is 6.08 Å². The van der Waals surface area contributed by atoms with E-state index in [0.29, 0.717) is 5.56 Å². The first-order valence-corrected chi connectivity index (χ1v) is 4.86. The molecule has 1 aromatic carbocycles. The monoisotopic (exact) mass is 250 g/mol. The predicted octanol–water partition coefficient (Wildman–Crippen LogP) is 0.637. The summed E-state index contributed by atoms with van der Waals surface area (Å²) in [6.07, 6.45) is 2.51. The summed E-state index contributed by atoms with van der Waals surface area (Å²) in [4.78, 5) is 31.3. The first-order valence-electron chi connectivity index (χ1n) is 4.86. The molecule has 0 spiro atoms. The lowest BCUT2D eigenvalue weighted by molar-refractivity contribution is -0.384. The molecule has 0 heterocycles. The molecule has 0 unspecified atom stereocenters. The summed E-state index contributed by atoms with van der Waals surface area (Å²) in [6.45, 7) is -0.483. The molecule has 0 radical (unpaired) electrons. The van der Waals surface area contributed by atoms with Crippen LogP contribution in [-0.4, -0.2) is 23.4 Å². The number of primary amides is 1. The van der Waals surface area contributed by atoms with Crippen LogP contribution in [0.2, 0.25) is 0 Å². The summed E-state index contributed by atoms with van der Waals surface area (Å²) in [5.41, 5.74) is 5.34. The fourth-order valence-electron chi connectivity index (χ4n) is 1.06. The fourth-order valence-corrected chi connectivity index (χ4v) is 1.06. The van der Waals surface area contributed by atoms with Gasteiger partial charge < -0.3 is 10.5 Å². The summed E-state index contributed by atoms with van der Waals surface area (Å²) in [7, 11) is 0. The Labute approximate surface area is 102 Å². The van der Waals surface area contributed by atoms with Crippen molar-refractivity contribution in [3.05, 3.63) is 46.0 Å². The third kappa shape index (κ3) is 4.44. The molecule has 0 atom stereocenters. The van der Waals surface area contributed by atoms with E-state index in [-0.39, 0.29) is 5.69 Å². The van der Waals surface area contributed by atoms with E-state index < -0.39 is 23.4 Å². The molecule has 0 saturated carbocycles. The zero-order valence-corrected chi connectivity index (χ0v) is 9.24. The lowest BCUT2D eigenvalue weighted by atomic mass is 10.2. The van der Waals surface area contributed by atoms with E-state index in [1.165, 1.54) is 30.3 Å². The van der Waals surface area contributed by atoms with Crippen LogP contribution in [-0.2, 0) is 14.3 Å². The van der Waals surface area contributed by atoms with Crippen LogP contribution in [0.25, 0.3) is 6.08 Å². The van der Waals surface area contributed by atoms with Gasteiger partial charge in [-0.3, -0.25) is 14.9 Å². The van der Waals surface area contributed by atoms with Gasteiger partial charge in [0, 0.05) is 18.2 Å². The van der Waals surface area contributed by atoms with Gasteiger partial charge in [0.05, 0.1) is 4.92 Å². The van der Waals surface area contributed by atoms with Gasteiger partial charge in [-0.05, 0) is 23.8 Å². The highest BCUT2D eigenvalue weighted by Gasteiger charge is 2.03. The number of nitro groups is 1. The number of nitrogens with zero attached hydrogens (tertiary/aromatic N) is 1. The summed E-state index contributed by atoms with van der Waals surface area (Å²) in [5.74, 6) is -1.46. The lowest BCUT2D eigenvalue weighted by Crippen LogP contribution is -2.19. The van der Waals surface area contributed by atoms with Gasteiger partial charge in [0.15, 0.2) is 6.61 Å². The maximum atomic E-state index is 11.1. The Bertz CT molecular complexity index is 493. The molecule has 7 nitrogen and oxygen atoms in total. The minimum absolute atomic E-state index is 0.0385. The summed E-state index contributed by atoms with van der Waals surface area (Å²) >= 11 is 0. The van der Waals surface area contributed by atoms with Gasteiger partial charge in [-0.2, -0.15) is 0 Å². The molecule has 0 aliphatic carbocycles. The summed E-state index contributed by atoms with van der Waals surface area (Å²) in [6, 6.07) is 5.59. The van der Waals surface area contributed by atoms with Gasteiger partial charge in [0.1, 0.15) is 0 Å². The molecule has 1 aromatic rings. The van der Waals surface area contributed by atoms with E-state index >= 15 is 0 Å². The number of ether oxygens (including phenoxy) is 1. The van der Waals surface area contributed by atoms with E-state index in [9.17, 15) is 19.7 Å². The number of hydrogen-bond acceptors (Lipinski definition) is 5. The highest BCUT2D eigenvalue weighted by Crippen LogP contribution is 2.12. The molecule has 0 bridgehead atoms. The Morgan fingerprint density at radius 1 is 1.33 bits per heavy atom. The van der Waals surface area contributed by atoms with Crippen LogP contribution in [0.3, 0.4) is 0 Å². The zero-order valence-electron chi connectivity index (χ0n) is 9.24. The van der Waals surface area contributed by atoms with Crippen molar-refractivity contribution in [2.75, 3.05) is 6.61 Å². The van der Waals surface area contributed by atoms with Crippen molar-refractivity contribution in [3.63, 3.8) is 0 Å². The third-order valence-electron chi connectivity index (χ3n) is 1.87. The van der Waals surface area contributed by atoms with Crippen molar-refractivity contribution < 1.29 is 19.2 Å². The number of amides is 1. The number of nitrogens with two attached hydrogens (primary N) is 1. The van der Waals surface area contributed by atoms with E-state index in [1.807, 2.05) is 0 Å². The Morgan fingerprint density at radius 2 is 1.94 bits per heavy atom. The van der Waals surface area contributed by atoms with Gasteiger partial charge in [0.2, 0.25) is 0 Å². The van der Waals surface area contributed by atoms with Crippen molar-refractivity contribution >= 4 is 23.6 Å². The van der Waals surface area contributed by atoms with E-state index in [2.05, 4.69) is 4.74 Å². The number of carbonyl (C=O) groups is 2. The van der Waals surface area contributed by atoms with Gasteiger partial charge >= 0.3 is 5.97 Å². The van der Waals surface area contributed by atoms with Gasteiger partial charge in [-0.25, -0.2) is 4.79 Å².